The number of benzene rings is 1. The number of fused-ring (bicyclic) bond motifs is 1. The van der Waals surface area contributed by atoms with Gasteiger partial charge in [-0.05, 0) is 6.92 Å². The zero-order valence-corrected chi connectivity index (χ0v) is 14.7. The number of carbonyl (C=O) groups excluding carboxylic acids is 1. The Hall–Kier alpha value is -2.97. The second-order valence-electron chi connectivity index (χ2n) is 7.00. The Morgan fingerprint density at radius 2 is 1.80 bits per heavy atom. The molecule has 0 saturated heterocycles. The van der Waals surface area contributed by atoms with Gasteiger partial charge in [0.2, 0.25) is 5.91 Å². The second kappa shape index (κ2) is 6.15. The molecule has 9 nitrogen and oxygen atoms in total. The van der Waals surface area contributed by atoms with Gasteiger partial charge in [-0.3, -0.25) is 24.5 Å². The molecule has 1 aromatic heterocycles. The molecule has 1 aromatic carbocycles. The lowest BCUT2D eigenvalue weighted by molar-refractivity contribution is -0.385. The number of nitrogens with zero attached hydrogens (tertiary/aromatic N) is 2. The first kappa shape index (κ1) is 18.4. The van der Waals surface area contributed by atoms with E-state index >= 15 is 0 Å². The van der Waals surface area contributed by atoms with Crippen molar-refractivity contribution in [3.63, 3.8) is 0 Å². The van der Waals surface area contributed by atoms with Crippen LogP contribution in [0.5, 0.6) is 0 Å². The Morgan fingerprint density at radius 1 is 1.24 bits per heavy atom. The van der Waals surface area contributed by atoms with E-state index in [4.69, 9.17) is 0 Å². The van der Waals surface area contributed by atoms with Crippen molar-refractivity contribution in [1.29, 1.82) is 0 Å². The largest absolute Gasteiger partial charge is 0.341 e. The summed E-state index contributed by atoms with van der Waals surface area (Å²) in [7, 11) is 1.58. The highest BCUT2D eigenvalue weighted by molar-refractivity contribution is 5.85. The van der Waals surface area contributed by atoms with Crippen molar-refractivity contribution in [3.05, 3.63) is 48.0 Å². The number of nitro groups is 1. The van der Waals surface area contributed by atoms with Crippen LogP contribution in [0, 0.1) is 22.5 Å². The Morgan fingerprint density at radius 3 is 2.32 bits per heavy atom. The monoisotopic (exact) mass is 348 g/mol. The van der Waals surface area contributed by atoms with Crippen LogP contribution in [0.2, 0.25) is 0 Å². The fourth-order valence-corrected chi connectivity index (χ4v) is 2.68. The molecule has 0 radical (unpaired) electrons. The standard InChI is InChI=1S/C16H20N4O5/c1-8-9(7-19(5)15(23)16(2,3)4)12-10(6-11(8)20(24)25)17-13(21)14(22)18-12/h6H,7H2,1-5H3,(H,17,21)(H,18,22). The van der Waals surface area contributed by atoms with Crippen molar-refractivity contribution < 1.29 is 9.72 Å². The summed E-state index contributed by atoms with van der Waals surface area (Å²) in [5.41, 5.74) is -1.40. The molecule has 0 unspecified atom stereocenters. The first-order chi connectivity index (χ1) is 11.4. The molecule has 0 bridgehead atoms. The summed E-state index contributed by atoms with van der Waals surface area (Å²) in [6.07, 6.45) is 0. The fraction of sp³-hybridized carbons (Fsp3) is 0.438. The minimum atomic E-state index is -0.893. The summed E-state index contributed by atoms with van der Waals surface area (Å²) in [6, 6.07) is 1.21. The molecule has 0 fully saturated rings. The molecule has 0 aliphatic carbocycles. The molecule has 2 aromatic rings. The molecule has 0 aliphatic heterocycles. The van der Waals surface area contributed by atoms with E-state index in [9.17, 15) is 24.5 Å². The fourth-order valence-electron chi connectivity index (χ4n) is 2.68. The maximum absolute atomic E-state index is 12.4. The molecule has 9 heteroatoms. The second-order valence-corrected chi connectivity index (χ2v) is 7.00. The topological polar surface area (TPSA) is 129 Å². The highest BCUT2D eigenvalue weighted by Gasteiger charge is 2.27. The number of hydrogen-bond acceptors (Lipinski definition) is 5. The lowest BCUT2D eigenvalue weighted by atomic mass is 9.94. The first-order valence-electron chi connectivity index (χ1n) is 7.62. The van der Waals surface area contributed by atoms with Crippen molar-refractivity contribution in [2.45, 2.75) is 34.2 Å². The predicted octanol–water partition coefficient (Wildman–Crippen LogP) is 1.44. The van der Waals surface area contributed by atoms with Crippen LogP contribution in [-0.4, -0.2) is 32.7 Å². The number of H-pyrrole nitrogens is 2. The number of nitrogens with one attached hydrogen (secondary N) is 2. The summed E-state index contributed by atoms with van der Waals surface area (Å²) in [5, 5.41) is 11.3. The molecular formula is C16H20N4O5. The Bertz CT molecular complexity index is 981. The quantitative estimate of drug-likeness (QED) is 0.492. The van der Waals surface area contributed by atoms with Crippen LogP contribution in [0.4, 0.5) is 5.69 Å². The van der Waals surface area contributed by atoms with Gasteiger partial charge in [-0.25, -0.2) is 0 Å². The van der Waals surface area contributed by atoms with Crippen LogP contribution >= 0.6 is 0 Å². The maximum atomic E-state index is 12.4. The molecule has 134 valence electrons. The highest BCUT2D eigenvalue weighted by atomic mass is 16.6. The summed E-state index contributed by atoms with van der Waals surface area (Å²) in [4.78, 5) is 52.6. The lowest BCUT2D eigenvalue weighted by Gasteiger charge is -2.26. The van der Waals surface area contributed by atoms with Crippen molar-refractivity contribution in [2.24, 2.45) is 5.41 Å². The summed E-state index contributed by atoms with van der Waals surface area (Å²) >= 11 is 0. The summed E-state index contributed by atoms with van der Waals surface area (Å²) in [5.74, 6) is -0.154. The van der Waals surface area contributed by atoms with Crippen LogP contribution < -0.4 is 11.1 Å². The zero-order chi connectivity index (χ0) is 19.1. The molecule has 0 atom stereocenters. The van der Waals surface area contributed by atoms with Gasteiger partial charge in [0.1, 0.15) is 0 Å². The summed E-state index contributed by atoms with van der Waals surface area (Å²) < 4.78 is 0. The first-order valence-corrected chi connectivity index (χ1v) is 7.62. The van der Waals surface area contributed by atoms with E-state index in [1.807, 2.05) is 0 Å². The lowest BCUT2D eigenvalue weighted by Crippen LogP contribution is -2.36. The van der Waals surface area contributed by atoms with E-state index in [1.54, 1.807) is 34.7 Å². The van der Waals surface area contributed by atoms with E-state index in [0.717, 1.165) is 0 Å². The average Bonchev–Trinajstić information content (AvgIpc) is 2.49. The van der Waals surface area contributed by atoms with Crippen LogP contribution in [0.3, 0.4) is 0 Å². The van der Waals surface area contributed by atoms with Gasteiger partial charge in [-0.1, -0.05) is 20.8 Å². The van der Waals surface area contributed by atoms with E-state index < -0.39 is 21.5 Å². The van der Waals surface area contributed by atoms with Gasteiger partial charge in [0.25, 0.3) is 5.69 Å². The molecule has 1 heterocycles. The number of aromatic amines is 2. The SMILES string of the molecule is Cc1c([N+](=O)[O-])cc2[nH]c(=O)c(=O)[nH]c2c1CN(C)C(=O)C(C)(C)C. The molecule has 2 N–H and O–H groups in total. The number of amides is 1. The van der Waals surface area contributed by atoms with Crippen LogP contribution in [0.1, 0.15) is 31.9 Å². The van der Waals surface area contributed by atoms with Crippen molar-refractivity contribution >= 4 is 22.6 Å². The third-order valence-electron chi connectivity index (χ3n) is 3.96. The van der Waals surface area contributed by atoms with Crippen molar-refractivity contribution in [1.82, 2.24) is 14.9 Å². The molecule has 1 amide bonds. The Kier molecular flexibility index (Phi) is 4.52. The average molecular weight is 348 g/mol. The van der Waals surface area contributed by atoms with Crippen molar-refractivity contribution in [2.75, 3.05) is 7.05 Å². The molecule has 0 saturated carbocycles. The van der Waals surface area contributed by atoms with Gasteiger partial charge in [0.05, 0.1) is 16.0 Å². The molecule has 0 aliphatic rings. The van der Waals surface area contributed by atoms with Gasteiger partial charge in [-0.2, -0.15) is 0 Å². The smallest absolute Gasteiger partial charge is 0.314 e. The summed E-state index contributed by atoms with van der Waals surface area (Å²) in [6.45, 7) is 6.91. The van der Waals surface area contributed by atoms with E-state index in [0.29, 0.717) is 11.1 Å². The van der Waals surface area contributed by atoms with Gasteiger partial charge in [-0.15, -0.1) is 0 Å². The van der Waals surface area contributed by atoms with E-state index in [2.05, 4.69) is 9.97 Å². The normalized spacial score (nSPS) is 11.6. The van der Waals surface area contributed by atoms with Gasteiger partial charge >= 0.3 is 11.1 Å². The highest BCUT2D eigenvalue weighted by Crippen LogP contribution is 2.29. The number of hydrogen-bond donors (Lipinski definition) is 2. The van der Waals surface area contributed by atoms with Crippen LogP contribution in [0.15, 0.2) is 15.7 Å². The van der Waals surface area contributed by atoms with Gasteiger partial charge in [0.15, 0.2) is 0 Å². The third-order valence-corrected chi connectivity index (χ3v) is 3.96. The van der Waals surface area contributed by atoms with Crippen LogP contribution in [0.25, 0.3) is 11.0 Å². The third kappa shape index (κ3) is 3.44. The van der Waals surface area contributed by atoms with Gasteiger partial charge in [0, 0.05) is 36.2 Å². The Labute approximate surface area is 142 Å². The maximum Gasteiger partial charge on any atom is 0.314 e. The van der Waals surface area contributed by atoms with Gasteiger partial charge < -0.3 is 14.9 Å². The number of carbonyl (C=O) groups is 1. The molecule has 2 rings (SSSR count). The minimum Gasteiger partial charge on any atom is -0.341 e. The minimum absolute atomic E-state index is 0.0576. The zero-order valence-electron chi connectivity index (χ0n) is 14.7. The number of aromatic nitrogens is 2. The number of nitro benzene ring substituents is 1. The van der Waals surface area contributed by atoms with Crippen LogP contribution in [-0.2, 0) is 11.3 Å². The molecule has 0 spiro atoms. The van der Waals surface area contributed by atoms with Crippen molar-refractivity contribution in [3.8, 4) is 0 Å². The molecule has 25 heavy (non-hydrogen) atoms. The molecular weight excluding hydrogens is 328 g/mol. The number of rotatable bonds is 3. The van der Waals surface area contributed by atoms with E-state index in [1.165, 1.54) is 11.0 Å². The predicted molar refractivity (Wildman–Crippen MR) is 92.5 cm³/mol. The Balaban J connectivity index is 2.72. The van der Waals surface area contributed by atoms with E-state index in [-0.39, 0.29) is 29.2 Å².